The molecule has 0 heterocycles. The lowest BCUT2D eigenvalue weighted by molar-refractivity contribution is -0.157. The fourth-order valence-electron chi connectivity index (χ4n) is 1.82. The van der Waals surface area contributed by atoms with Crippen molar-refractivity contribution in [2.75, 3.05) is 6.61 Å². The van der Waals surface area contributed by atoms with Gasteiger partial charge in [-0.05, 0) is 45.7 Å². The summed E-state index contributed by atoms with van der Waals surface area (Å²) in [5.74, 6) is -0.232. The summed E-state index contributed by atoms with van der Waals surface area (Å²) in [6.45, 7) is 11.3. The number of ether oxygens (including phenoxy) is 2. The molecule has 21 heavy (non-hydrogen) atoms. The first-order valence-corrected chi connectivity index (χ1v) is 7.44. The number of rotatable bonds is 7. The minimum atomic E-state index is -0.458. The van der Waals surface area contributed by atoms with Crippen molar-refractivity contribution in [3.05, 3.63) is 35.4 Å². The van der Waals surface area contributed by atoms with Gasteiger partial charge < -0.3 is 14.8 Å². The van der Waals surface area contributed by atoms with Gasteiger partial charge in [0.25, 0.3) is 0 Å². The number of benzene rings is 1. The standard InChI is InChI=1S/C17H27NO3/c1-6-20-12-15-10-8-7-9-14(15)11-18-13(2)16(19)21-17(3,4)5/h7-10,13,18H,6,11-12H2,1-5H3. The Labute approximate surface area is 127 Å². The Balaban J connectivity index is 2.56. The summed E-state index contributed by atoms with van der Waals surface area (Å²) in [7, 11) is 0. The molecule has 0 saturated carbocycles. The summed E-state index contributed by atoms with van der Waals surface area (Å²) in [4.78, 5) is 11.9. The van der Waals surface area contributed by atoms with E-state index in [0.29, 0.717) is 19.8 Å². The van der Waals surface area contributed by atoms with E-state index < -0.39 is 5.60 Å². The normalized spacial score (nSPS) is 13.0. The smallest absolute Gasteiger partial charge is 0.323 e. The zero-order valence-electron chi connectivity index (χ0n) is 13.7. The van der Waals surface area contributed by atoms with Crippen LogP contribution in [0.2, 0.25) is 0 Å². The lowest BCUT2D eigenvalue weighted by Gasteiger charge is -2.23. The van der Waals surface area contributed by atoms with Crippen LogP contribution < -0.4 is 5.32 Å². The fraction of sp³-hybridized carbons (Fsp3) is 0.588. The average Bonchev–Trinajstić information content (AvgIpc) is 2.41. The SMILES string of the molecule is CCOCc1ccccc1CNC(C)C(=O)OC(C)(C)C. The van der Waals surface area contributed by atoms with Crippen LogP contribution >= 0.6 is 0 Å². The van der Waals surface area contributed by atoms with Gasteiger partial charge in [-0.3, -0.25) is 4.79 Å². The van der Waals surface area contributed by atoms with Gasteiger partial charge in [0.15, 0.2) is 0 Å². The molecule has 1 N–H and O–H groups in total. The van der Waals surface area contributed by atoms with Crippen LogP contribution in [0.4, 0.5) is 0 Å². The quantitative estimate of drug-likeness (QED) is 0.785. The molecule has 1 rings (SSSR count). The largest absolute Gasteiger partial charge is 0.459 e. The van der Waals surface area contributed by atoms with Gasteiger partial charge in [-0.1, -0.05) is 24.3 Å². The van der Waals surface area contributed by atoms with Crippen molar-refractivity contribution in [3.63, 3.8) is 0 Å². The summed E-state index contributed by atoms with van der Waals surface area (Å²) in [5.41, 5.74) is 1.82. The van der Waals surface area contributed by atoms with Crippen LogP contribution in [-0.2, 0) is 27.4 Å². The van der Waals surface area contributed by atoms with E-state index in [1.165, 1.54) is 0 Å². The van der Waals surface area contributed by atoms with Crippen molar-refractivity contribution in [1.82, 2.24) is 5.32 Å². The molecule has 0 amide bonds. The second-order valence-electron chi connectivity index (χ2n) is 6.04. The molecular weight excluding hydrogens is 266 g/mol. The van der Waals surface area contributed by atoms with Crippen molar-refractivity contribution >= 4 is 5.97 Å². The predicted molar refractivity (Wildman–Crippen MR) is 83.9 cm³/mol. The summed E-state index contributed by atoms with van der Waals surface area (Å²) in [6, 6.07) is 7.73. The predicted octanol–water partition coefficient (Wildman–Crippen LogP) is 3.04. The van der Waals surface area contributed by atoms with Crippen molar-refractivity contribution in [2.24, 2.45) is 0 Å². The highest BCUT2D eigenvalue weighted by Gasteiger charge is 2.21. The Kier molecular flexibility index (Phi) is 6.85. The second-order valence-corrected chi connectivity index (χ2v) is 6.04. The van der Waals surface area contributed by atoms with Gasteiger partial charge in [0.05, 0.1) is 6.61 Å². The van der Waals surface area contributed by atoms with E-state index >= 15 is 0 Å². The van der Waals surface area contributed by atoms with Gasteiger partial charge in [0.2, 0.25) is 0 Å². The fourth-order valence-corrected chi connectivity index (χ4v) is 1.82. The maximum Gasteiger partial charge on any atom is 0.323 e. The molecule has 0 bridgehead atoms. The average molecular weight is 293 g/mol. The second kappa shape index (κ2) is 8.15. The number of esters is 1. The maximum atomic E-state index is 11.9. The molecule has 0 aromatic heterocycles. The molecule has 1 unspecified atom stereocenters. The molecule has 0 aliphatic heterocycles. The Bertz CT molecular complexity index is 452. The summed E-state index contributed by atoms with van der Waals surface area (Å²) >= 11 is 0. The highest BCUT2D eigenvalue weighted by Crippen LogP contribution is 2.12. The monoisotopic (exact) mass is 293 g/mol. The lowest BCUT2D eigenvalue weighted by Crippen LogP contribution is -2.39. The molecule has 1 atom stereocenters. The summed E-state index contributed by atoms with van der Waals surface area (Å²) < 4.78 is 10.8. The third kappa shape index (κ3) is 6.74. The third-order valence-electron chi connectivity index (χ3n) is 2.94. The molecule has 0 aliphatic rings. The molecule has 0 spiro atoms. The van der Waals surface area contributed by atoms with Crippen LogP contribution in [0.5, 0.6) is 0 Å². The minimum absolute atomic E-state index is 0.232. The van der Waals surface area contributed by atoms with Crippen molar-refractivity contribution < 1.29 is 14.3 Å². The Morgan fingerprint density at radius 3 is 2.43 bits per heavy atom. The molecule has 1 aromatic rings. The van der Waals surface area contributed by atoms with Crippen LogP contribution in [0.25, 0.3) is 0 Å². The number of nitrogens with one attached hydrogen (secondary N) is 1. The van der Waals surface area contributed by atoms with Crippen LogP contribution in [-0.4, -0.2) is 24.2 Å². The molecule has 1 aromatic carbocycles. The van der Waals surface area contributed by atoms with E-state index in [0.717, 1.165) is 11.1 Å². The molecule has 4 nitrogen and oxygen atoms in total. The van der Waals surface area contributed by atoms with Gasteiger partial charge in [0, 0.05) is 13.2 Å². The third-order valence-corrected chi connectivity index (χ3v) is 2.94. The van der Waals surface area contributed by atoms with Gasteiger partial charge in [-0.25, -0.2) is 0 Å². The molecule has 118 valence electrons. The zero-order valence-corrected chi connectivity index (χ0v) is 13.7. The number of carbonyl (C=O) groups is 1. The molecule has 0 radical (unpaired) electrons. The number of hydrogen-bond acceptors (Lipinski definition) is 4. The number of carbonyl (C=O) groups excluding carboxylic acids is 1. The number of hydrogen-bond donors (Lipinski definition) is 1. The molecule has 0 saturated heterocycles. The van der Waals surface area contributed by atoms with Crippen LogP contribution in [0.3, 0.4) is 0 Å². The highest BCUT2D eigenvalue weighted by atomic mass is 16.6. The van der Waals surface area contributed by atoms with Crippen LogP contribution in [0, 0.1) is 0 Å². The summed E-state index contributed by atoms with van der Waals surface area (Å²) in [6.07, 6.45) is 0. The topological polar surface area (TPSA) is 47.6 Å². The zero-order chi connectivity index (χ0) is 15.9. The van der Waals surface area contributed by atoms with Gasteiger partial charge in [0.1, 0.15) is 11.6 Å². The molecular formula is C17H27NO3. The van der Waals surface area contributed by atoms with E-state index in [9.17, 15) is 4.79 Å². The Hall–Kier alpha value is -1.39. The van der Waals surface area contributed by atoms with Crippen molar-refractivity contribution in [1.29, 1.82) is 0 Å². The van der Waals surface area contributed by atoms with E-state index in [1.54, 1.807) is 0 Å². The van der Waals surface area contributed by atoms with Crippen molar-refractivity contribution in [2.45, 2.75) is 59.4 Å². The Morgan fingerprint density at radius 1 is 1.24 bits per heavy atom. The van der Waals surface area contributed by atoms with Gasteiger partial charge in [-0.2, -0.15) is 0 Å². The van der Waals surface area contributed by atoms with Gasteiger partial charge in [-0.15, -0.1) is 0 Å². The van der Waals surface area contributed by atoms with Crippen LogP contribution in [0.15, 0.2) is 24.3 Å². The van der Waals surface area contributed by atoms with E-state index in [-0.39, 0.29) is 12.0 Å². The lowest BCUT2D eigenvalue weighted by atomic mass is 10.1. The first-order valence-electron chi connectivity index (χ1n) is 7.44. The van der Waals surface area contributed by atoms with E-state index in [1.807, 2.05) is 58.9 Å². The minimum Gasteiger partial charge on any atom is -0.459 e. The van der Waals surface area contributed by atoms with E-state index in [4.69, 9.17) is 9.47 Å². The maximum absolute atomic E-state index is 11.9. The van der Waals surface area contributed by atoms with Gasteiger partial charge >= 0.3 is 5.97 Å². The van der Waals surface area contributed by atoms with E-state index in [2.05, 4.69) is 5.32 Å². The molecule has 0 aliphatic carbocycles. The van der Waals surface area contributed by atoms with Crippen molar-refractivity contribution in [3.8, 4) is 0 Å². The Morgan fingerprint density at radius 2 is 1.86 bits per heavy atom. The first-order chi connectivity index (χ1) is 9.83. The molecule has 4 heteroatoms. The van der Waals surface area contributed by atoms with Crippen LogP contribution in [0.1, 0.15) is 45.7 Å². The first kappa shape index (κ1) is 17.7. The highest BCUT2D eigenvalue weighted by molar-refractivity contribution is 5.75. The summed E-state index contributed by atoms with van der Waals surface area (Å²) in [5, 5.41) is 3.21. The molecule has 0 fully saturated rings.